The van der Waals surface area contributed by atoms with Crippen LogP contribution in [0.1, 0.15) is 75.5 Å². The molecular weight excluding hydrogens is 677 g/mol. The van der Waals surface area contributed by atoms with Gasteiger partial charge in [-0.3, -0.25) is 13.9 Å². The first-order valence-corrected chi connectivity index (χ1v) is 20.1. The maximum atomic E-state index is 14.5. The number of nitrogens with zero attached hydrogens (tertiary/aromatic N) is 2. The molecule has 0 heterocycles. The van der Waals surface area contributed by atoms with Gasteiger partial charge in [0.1, 0.15) is 12.6 Å². The van der Waals surface area contributed by atoms with E-state index in [9.17, 15) is 18.0 Å². The zero-order valence-electron chi connectivity index (χ0n) is 28.6. The second-order valence-corrected chi connectivity index (χ2v) is 17.5. The molecule has 4 saturated carbocycles. The Balaban J connectivity index is 1.32. The van der Waals surface area contributed by atoms with Gasteiger partial charge in [-0.05, 0) is 116 Å². The Labute approximate surface area is 301 Å². The maximum absolute atomic E-state index is 14.5. The highest BCUT2D eigenvalue weighted by Gasteiger charge is 2.51. The third-order valence-electron chi connectivity index (χ3n) is 11.1. The highest BCUT2D eigenvalue weighted by molar-refractivity contribution is 7.92. The fourth-order valence-corrected chi connectivity index (χ4v) is 10.2. The molecule has 4 bridgehead atoms. The Hall–Kier alpha value is -3.07. The van der Waals surface area contributed by atoms with E-state index >= 15 is 0 Å². The summed E-state index contributed by atoms with van der Waals surface area (Å²) in [6, 6.07) is 21.3. The van der Waals surface area contributed by atoms with Crippen LogP contribution in [0, 0.1) is 17.8 Å². The molecule has 3 aromatic carbocycles. The van der Waals surface area contributed by atoms with E-state index in [0.717, 1.165) is 33.9 Å². The van der Waals surface area contributed by atoms with Crippen molar-refractivity contribution in [3.05, 3.63) is 99.5 Å². The summed E-state index contributed by atoms with van der Waals surface area (Å²) in [4.78, 5) is 29.9. The summed E-state index contributed by atoms with van der Waals surface area (Å²) in [5.41, 5.74) is 3.34. The number of amides is 2. The van der Waals surface area contributed by atoms with Crippen molar-refractivity contribution >= 4 is 50.7 Å². The average Bonchev–Trinajstić information content (AvgIpc) is 3.05. The molecule has 0 saturated heterocycles. The number of anilines is 1. The van der Waals surface area contributed by atoms with Gasteiger partial charge in [0.05, 0.1) is 11.9 Å². The van der Waals surface area contributed by atoms with Gasteiger partial charge in [-0.25, -0.2) is 8.42 Å². The van der Waals surface area contributed by atoms with Gasteiger partial charge in [0.15, 0.2) is 0 Å². The van der Waals surface area contributed by atoms with Crippen LogP contribution in [0.5, 0.6) is 0 Å². The minimum Gasteiger partial charge on any atom is -0.352 e. The minimum absolute atomic E-state index is 0.0111. The van der Waals surface area contributed by atoms with Gasteiger partial charge in [0.2, 0.25) is 21.8 Å². The Morgan fingerprint density at radius 2 is 1.53 bits per heavy atom. The molecule has 4 aliphatic rings. The van der Waals surface area contributed by atoms with Crippen molar-refractivity contribution in [3.8, 4) is 0 Å². The van der Waals surface area contributed by atoms with Crippen molar-refractivity contribution in [1.82, 2.24) is 10.2 Å². The van der Waals surface area contributed by atoms with Gasteiger partial charge < -0.3 is 10.2 Å². The van der Waals surface area contributed by atoms with E-state index in [1.54, 1.807) is 18.2 Å². The van der Waals surface area contributed by atoms with Crippen molar-refractivity contribution in [2.45, 2.75) is 89.3 Å². The second kappa shape index (κ2) is 14.7. The van der Waals surface area contributed by atoms with Crippen LogP contribution in [0.15, 0.2) is 72.8 Å². The lowest BCUT2D eigenvalue weighted by atomic mass is 9.48. The van der Waals surface area contributed by atoms with Gasteiger partial charge in [-0.15, -0.1) is 0 Å². The third kappa shape index (κ3) is 8.13. The van der Waals surface area contributed by atoms with Crippen LogP contribution in [0.3, 0.4) is 0 Å². The largest absolute Gasteiger partial charge is 0.352 e. The van der Waals surface area contributed by atoms with Crippen LogP contribution in [-0.4, -0.2) is 50.0 Å². The highest BCUT2D eigenvalue weighted by atomic mass is 35.5. The van der Waals surface area contributed by atoms with E-state index in [4.69, 9.17) is 23.2 Å². The number of hydrogen-bond donors (Lipinski definition) is 1. The first kappa shape index (κ1) is 35.7. The Bertz CT molecular complexity index is 1730. The average molecular weight is 725 g/mol. The monoisotopic (exact) mass is 723 g/mol. The van der Waals surface area contributed by atoms with Crippen LogP contribution >= 0.6 is 23.2 Å². The number of carbonyl (C=O) groups is 2. The van der Waals surface area contributed by atoms with Crippen molar-refractivity contribution in [2.75, 3.05) is 17.1 Å². The van der Waals surface area contributed by atoms with E-state index in [0.29, 0.717) is 27.7 Å². The van der Waals surface area contributed by atoms with E-state index in [1.807, 2.05) is 56.3 Å². The SMILES string of the molecule is CC[C@H](C)NC(=O)[C@H](Cc1ccccc1)N(Cc1ccc(Cl)cc1Cl)C(=O)CN(c1ccc(C23CC4CC(CC(C4)C2)C3)cc1)S(C)(=O)=O. The van der Waals surface area contributed by atoms with Crippen LogP contribution in [0.4, 0.5) is 5.69 Å². The summed E-state index contributed by atoms with van der Waals surface area (Å²) < 4.78 is 27.9. The summed E-state index contributed by atoms with van der Waals surface area (Å²) in [6.45, 7) is 3.41. The molecule has 1 N–H and O–H groups in total. The molecule has 0 radical (unpaired) electrons. The summed E-state index contributed by atoms with van der Waals surface area (Å²) in [7, 11) is -3.88. The topological polar surface area (TPSA) is 86.8 Å². The number of halogens is 2. The van der Waals surface area contributed by atoms with Gasteiger partial charge >= 0.3 is 0 Å². The Morgan fingerprint density at radius 3 is 2.08 bits per heavy atom. The second-order valence-electron chi connectivity index (χ2n) is 14.8. The van der Waals surface area contributed by atoms with Crippen molar-refractivity contribution < 1.29 is 18.0 Å². The summed E-state index contributed by atoms with van der Waals surface area (Å²) in [6.07, 6.45) is 9.72. The number of benzene rings is 3. The molecule has 2 amide bonds. The standard InChI is InChI=1S/C39H47Cl2N3O4S/c1-4-26(2)42-38(46)36(19-27-8-6-5-7-9-27)43(24-31-10-13-33(40)20-35(31)41)37(45)25-44(49(3,47)48)34-14-11-32(12-15-34)39-21-28-16-29(22-39)18-30(17-28)23-39/h5-15,20,26,28-30,36H,4,16-19,21-25H2,1-3H3,(H,42,46)/t26-,28?,29?,30?,36-,39?/m0/s1. The van der Waals surface area contributed by atoms with Crippen LogP contribution in [0.2, 0.25) is 10.0 Å². The van der Waals surface area contributed by atoms with Gasteiger partial charge in [-0.1, -0.05) is 78.7 Å². The lowest BCUT2D eigenvalue weighted by molar-refractivity contribution is -0.140. The number of hydrogen-bond acceptors (Lipinski definition) is 4. The molecule has 3 aromatic rings. The van der Waals surface area contributed by atoms with Crippen molar-refractivity contribution in [3.63, 3.8) is 0 Å². The molecule has 7 rings (SSSR count). The van der Waals surface area contributed by atoms with Crippen LogP contribution in [0.25, 0.3) is 0 Å². The first-order valence-electron chi connectivity index (χ1n) is 17.5. The Morgan fingerprint density at radius 1 is 0.918 bits per heavy atom. The van der Waals surface area contributed by atoms with Gasteiger partial charge in [-0.2, -0.15) is 0 Å². The lowest BCUT2D eigenvalue weighted by Gasteiger charge is -2.57. The number of sulfonamides is 1. The number of nitrogens with one attached hydrogen (secondary N) is 1. The normalized spacial score (nSPS) is 23.9. The van der Waals surface area contributed by atoms with Crippen LogP contribution in [-0.2, 0) is 38.0 Å². The lowest BCUT2D eigenvalue weighted by Crippen LogP contribution is -2.54. The van der Waals surface area contributed by atoms with Gasteiger partial charge in [0, 0.05) is 29.1 Å². The zero-order valence-corrected chi connectivity index (χ0v) is 30.9. The van der Waals surface area contributed by atoms with Crippen molar-refractivity contribution in [2.24, 2.45) is 17.8 Å². The smallest absolute Gasteiger partial charge is 0.244 e. The molecule has 49 heavy (non-hydrogen) atoms. The highest BCUT2D eigenvalue weighted by Crippen LogP contribution is 2.60. The molecule has 4 fully saturated rings. The third-order valence-corrected chi connectivity index (χ3v) is 12.8. The van der Waals surface area contributed by atoms with E-state index in [2.05, 4.69) is 17.4 Å². The molecule has 10 heteroatoms. The predicted octanol–water partition coefficient (Wildman–Crippen LogP) is 7.78. The van der Waals surface area contributed by atoms with E-state index < -0.39 is 28.5 Å². The molecule has 0 unspecified atom stereocenters. The maximum Gasteiger partial charge on any atom is 0.244 e. The van der Waals surface area contributed by atoms with Gasteiger partial charge in [0.25, 0.3) is 0 Å². The molecule has 7 nitrogen and oxygen atoms in total. The molecule has 2 atom stereocenters. The van der Waals surface area contributed by atoms with E-state index in [1.165, 1.54) is 49.0 Å². The fourth-order valence-electron chi connectivity index (χ4n) is 8.89. The van der Waals surface area contributed by atoms with Crippen molar-refractivity contribution in [1.29, 1.82) is 0 Å². The number of carbonyl (C=O) groups excluding carboxylic acids is 2. The fraction of sp³-hybridized carbons (Fsp3) is 0.487. The minimum atomic E-state index is -3.88. The molecule has 0 aromatic heterocycles. The first-order chi connectivity index (χ1) is 23.3. The van der Waals surface area contributed by atoms with Crippen LogP contribution < -0.4 is 9.62 Å². The predicted molar refractivity (Wildman–Crippen MR) is 197 cm³/mol. The summed E-state index contributed by atoms with van der Waals surface area (Å²) >= 11 is 12.8. The molecule has 0 aliphatic heterocycles. The summed E-state index contributed by atoms with van der Waals surface area (Å²) in [5, 5.41) is 3.85. The molecule has 4 aliphatic carbocycles. The quantitative estimate of drug-likeness (QED) is 0.195. The molecular formula is C39H47Cl2N3O4S. The summed E-state index contributed by atoms with van der Waals surface area (Å²) in [5.74, 6) is 1.54. The molecule has 262 valence electrons. The Kier molecular flexibility index (Phi) is 10.7. The molecule has 0 spiro atoms. The number of rotatable bonds is 13. The zero-order chi connectivity index (χ0) is 34.9. The van der Waals surface area contributed by atoms with E-state index in [-0.39, 0.29) is 30.3 Å².